The van der Waals surface area contributed by atoms with E-state index in [4.69, 9.17) is 9.47 Å². The van der Waals surface area contributed by atoms with Crippen molar-refractivity contribution in [2.45, 2.75) is 38.6 Å². The van der Waals surface area contributed by atoms with Crippen LogP contribution in [0.2, 0.25) is 0 Å². The van der Waals surface area contributed by atoms with E-state index in [1.165, 1.54) is 12.1 Å². The molecule has 4 rings (SSSR count). The average Bonchev–Trinajstić information content (AvgIpc) is 3.26. The summed E-state index contributed by atoms with van der Waals surface area (Å²) in [5, 5.41) is 4.14. The monoisotopic (exact) mass is 488 g/mol. The number of ether oxygens (including phenoxy) is 2. The highest BCUT2D eigenvalue weighted by molar-refractivity contribution is 5.87. The molecule has 36 heavy (non-hydrogen) atoms. The number of carbonyl (C=O) groups is 1. The van der Waals surface area contributed by atoms with Gasteiger partial charge in [0.1, 0.15) is 17.3 Å². The lowest BCUT2D eigenvalue weighted by atomic mass is 9.87. The van der Waals surface area contributed by atoms with E-state index in [9.17, 15) is 9.18 Å². The van der Waals surface area contributed by atoms with Crippen LogP contribution in [-0.4, -0.2) is 31.2 Å². The fourth-order valence-electron chi connectivity index (χ4n) is 4.57. The topological polar surface area (TPSA) is 52.5 Å². The Balaban J connectivity index is 1.79. The van der Waals surface area contributed by atoms with Crippen LogP contribution in [0, 0.1) is 5.82 Å². The third kappa shape index (κ3) is 5.88. The van der Waals surface area contributed by atoms with Crippen LogP contribution >= 0.6 is 0 Å². The van der Waals surface area contributed by atoms with Crippen molar-refractivity contribution in [1.29, 1.82) is 0 Å². The van der Waals surface area contributed by atoms with Gasteiger partial charge in [-0.3, -0.25) is 4.79 Å². The minimum Gasteiger partial charge on any atom is -0.497 e. The Bertz CT molecular complexity index is 1290. The van der Waals surface area contributed by atoms with Gasteiger partial charge in [-0.2, -0.15) is 0 Å². The standard InChI is InChI=1S/C30H33FN2O3/c1-4-5-14-32-30(34)18-27(22-15-24(35-2)17-25(16-22)36-3)28-20-33(29-9-7-6-8-26(28)29)19-21-10-12-23(31)13-11-21/h6-13,15-17,20,27H,4-5,14,18-19H2,1-3H3,(H,32,34)/t27-/m0/s1. The number of amides is 1. The minimum absolute atomic E-state index is 0.00519. The van der Waals surface area contributed by atoms with Gasteiger partial charge in [-0.05, 0) is 53.4 Å². The minimum atomic E-state index is -0.252. The largest absolute Gasteiger partial charge is 0.497 e. The van der Waals surface area contributed by atoms with Gasteiger partial charge >= 0.3 is 0 Å². The maximum absolute atomic E-state index is 13.5. The molecule has 4 aromatic rings. The number of unbranched alkanes of at least 4 members (excludes halogenated alkanes) is 1. The van der Waals surface area contributed by atoms with Gasteiger partial charge in [-0.1, -0.05) is 43.7 Å². The van der Waals surface area contributed by atoms with Gasteiger partial charge in [-0.25, -0.2) is 4.39 Å². The second-order valence-corrected chi connectivity index (χ2v) is 8.96. The van der Waals surface area contributed by atoms with E-state index in [-0.39, 0.29) is 17.6 Å². The summed E-state index contributed by atoms with van der Waals surface area (Å²) in [4.78, 5) is 13.0. The van der Waals surface area contributed by atoms with Gasteiger partial charge in [0.2, 0.25) is 5.91 Å². The number of aromatic nitrogens is 1. The van der Waals surface area contributed by atoms with Crippen LogP contribution in [0.1, 0.15) is 48.8 Å². The molecular formula is C30H33FN2O3. The molecule has 1 amide bonds. The van der Waals surface area contributed by atoms with Crippen LogP contribution in [0.3, 0.4) is 0 Å². The quantitative estimate of drug-likeness (QED) is 0.253. The molecule has 5 nitrogen and oxygen atoms in total. The highest BCUT2D eigenvalue weighted by Crippen LogP contribution is 2.38. The summed E-state index contributed by atoms with van der Waals surface area (Å²) in [5.41, 5.74) is 4.05. The zero-order chi connectivity index (χ0) is 25.5. The van der Waals surface area contributed by atoms with E-state index in [0.717, 1.165) is 40.4 Å². The molecule has 0 bridgehead atoms. The van der Waals surface area contributed by atoms with Crippen LogP contribution < -0.4 is 14.8 Å². The fraction of sp³-hybridized carbons (Fsp3) is 0.300. The molecule has 1 N–H and O–H groups in total. The number of nitrogens with zero attached hydrogens (tertiary/aromatic N) is 1. The molecule has 0 aliphatic heterocycles. The van der Waals surface area contributed by atoms with E-state index < -0.39 is 0 Å². The first-order valence-corrected chi connectivity index (χ1v) is 12.3. The first kappa shape index (κ1) is 25.3. The number of hydrogen-bond donors (Lipinski definition) is 1. The van der Waals surface area contributed by atoms with Gasteiger partial charge < -0.3 is 19.4 Å². The molecule has 1 heterocycles. The summed E-state index contributed by atoms with van der Waals surface area (Å²) in [6.45, 7) is 3.36. The molecule has 0 aliphatic carbocycles. The molecule has 0 spiro atoms. The van der Waals surface area contributed by atoms with Crippen LogP contribution in [0.5, 0.6) is 11.5 Å². The van der Waals surface area contributed by atoms with Gasteiger partial charge in [0.05, 0.1) is 14.2 Å². The van der Waals surface area contributed by atoms with E-state index in [2.05, 4.69) is 35.1 Å². The number of hydrogen-bond acceptors (Lipinski definition) is 3. The molecular weight excluding hydrogens is 455 g/mol. The zero-order valence-electron chi connectivity index (χ0n) is 21.1. The Kier molecular flexibility index (Phi) is 8.26. The maximum atomic E-state index is 13.5. The smallest absolute Gasteiger partial charge is 0.220 e. The lowest BCUT2D eigenvalue weighted by Gasteiger charge is -2.19. The van der Waals surface area contributed by atoms with Gasteiger partial charge in [0, 0.05) is 48.6 Å². The summed E-state index contributed by atoms with van der Waals surface area (Å²) in [5.74, 6) is 0.894. The Morgan fingerprint density at radius 2 is 1.69 bits per heavy atom. The van der Waals surface area contributed by atoms with Gasteiger partial charge in [0.25, 0.3) is 0 Å². The van der Waals surface area contributed by atoms with Crippen molar-refractivity contribution in [3.8, 4) is 11.5 Å². The van der Waals surface area contributed by atoms with Crippen molar-refractivity contribution in [3.05, 3.63) is 95.4 Å². The first-order valence-electron chi connectivity index (χ1n) is 12.3. The molecule has 0 saturated carbocycles. The second kappa shape index (κ2) is 11.8. The SMILES string of the molecule is CCCCNC(=O)C[C@@H](c1cc(OC)cc(OC)c1)c1cn(Cc2ccc(F)cc2)c2ccccc12. The van der Waals surface area contributed by atoms with Crippen molar-refractivity contribution in [3.63, 3.8) is 0 Å². The van der Waals surface area contributed by atoms with E-state index >= 15 is 0 Å². The molecule has 0 radical (unpaired) electrons. The van der Waals surface area contributed by atoms with Crippen LogP contribution in [-0.2, 0) is 11.3 Å². The Labute approximate surface area is 211 Å². The number of halogens is 1. The number of para-hydroxylation sites is 1. The Hall–Kier alpha value is -3.80. The molecule has 0 unspecified atom stereocenters. The summed E-state index contributed by atoms with van der Waals surface area (Å²) in [6.07, 6.45) is 4.38. The fourth-order valence-corrected chi connectivity index (χ4v) is 4.57. The molecule has 0 saturated heterocycles. The molecule has 6 heteroatoms. The first-order chi connectivity index (χ1) is 17.5. The Morgan fingerprint density at radius 1 is 1.00 bits per heavy atom. The van der Waals surface area contributed by atoms with Crippen molar-refractivity contribution < 1.29 is 18.7 Å². The van der Waals surface area contributed by atoms with Crippen molar-refractivity contribution in [2.24, 2.45) is 0 Å². The second-order valence-electron chi connectivity index (χ2n) is 8.96. The molecule has 3 aromatic carbocycles. The third-order valence-electron chi connectivity index (χ3n) is 6.48. The molecule has 1 aromatic heterocycles. The molecule has 188 valence electrons. The predicted octanol–water partition coefficient (Wildman–Crippen LogP) is 6.28. The summed E-state index contributed by atoms with van der Waals surface area (Å²) in [6, 6.07) is 20.5. The van der Waals surface area contributed by atoms with Crippen LogP contribution in [0.4, 0.5) is 4.39 Å². The maximum Gasteiger partial charge on any atom is 0.220 e. The van der Waals surface area contributed by atoms with Gasteiger partial charge in [-0.15, -0.1) is 0 Å². The number of fused-ring (bicyclic) bond motifs is 1. The lowest BCUT2D eigenvalue weighted by Crippen LogP contribution is -2.26. The zero-order valence-corrected chi connectivity index (χ0v) is 21.1. The Morgan fingerprint density at radius 3 is 2.36 bits per heavy atom. The highest BCUT2D eigenvalue weighted by Gasteiger charge is 2.24. The highest BCUT2D eigenvalue weighted by atomic mass is 19.1. The summed E-state index contributed by atoms with van der Waals surface area (Å²) >= 11 is 0. The van der Waals surface area contributed by atoms with Crippen molar-refractivity contribution in [2.75, 3.05) is 20.8 Å². The van der Waals surface area contributed by atoms with E-state index in [0.29, 0.717) is 31.0 Å². The third-order valence-corrected chi connectivity index (χ3v) is 6.48. The average molecular weight is 489 g/mol. The number of methoxy groups -OCH3 is 2. The lowest BCUT2D eigenvalue weighted by molar-refractivity contribution is -0.121. The summed E-state index contributed by atoms with van der Waals surface area (Å²) < 4.78 is 26.7. The normalized spacial score (nSPS) is 11.9. The number of carbonyl (C=O) groups excluding carboxylic acids is 1. The van der Waals surface area contributed by atoms with Gasteiger partial charge in [0.15, 0.2) is 0 Å². The summed E-state index contributed by atoms with van der Waals surface area (Å²) in [7, 11) is 3.25. The molecule has 0 aliphatic rings. The molecule has 0 fully saturated rings. The number of nitrogens with one attached hydrogen (secondary N) is 1. The van der Waals surface area contributed by atoms with Crippen LogP contribution in [0.15, 0.2) is 72.9 Å². The predicted molar refractivity (Wildman–Crippen MR) is 141 cm³/mol. The van der Waals surface area contributed by atoms with E-state index in [1.54, 1.807) is 26.4 Å². The number of benzene rings is 3. The van der Waals surface area contributed by atoms with E-state index in [1.807, 2.05) is 30.3 Å². The molecule has 1 atom stereocenters. The van der Waals surface area contributed by atoms with Crippen molar-refractivity contribution in [1.82, 2.24) is 9.88 Å². The van der Waals surface area contributed by atoms with Crippen LogP contribution in [0.25, 0.3) is 10.9 Å². The van der Waals surface area contributed by atoms with Crippen molar-refractivity contribution >= 4 is 16.8 Å². The number of rotatable bonds is 11.